The summed E-state index contributed by atoms with van der Waals surface area (Å²) in [4.78, 5) is 44.6. The van der Waals surface area contributed by atoms with Crippen molar-refractivity contribution in [1.29, 1.82) is 0 Å². The van der Waals surface area contributed by atoms with Crippen LogP contribution in [0.5, 0.6) is 11.5 Å². The zero-order chi connectivity index (χ0) is 56.4. The number of aliphatic hydroxyl groups excluding tert-OH is 2. The molecule has 2 unspecified atom stereocenters. The van der Waals surface area contributed by atoms with Gasteiger partial charge in [0.1, 0.15) is 29.7 Å². The van der Waals surface area contributed by atoms with Crippen molar-refractivity contribution in [2.45, 2.75) is 83.0 Å². The van der Waals surface area contributed by atoms with E-state index in [9.17, 15) is 28.9 Å². The van der Waals surface area contributed by atoms with Crippen molar-refractivity contribution < 1.29 is 47.5 Å². The number of fused-ring (bicyclic) bond motifs is 1. The Kier molecular flexibility index (Phi) is 21.4. The summed E-state index contributed by atoms with van der Waals surface area (Å²) in [6.45, 7) is 5.86. The van der Waals surface area contributed by atoms with E-state index in [0.29, 0.717) is 46.5 Å². The topological polar surface area (TPSA) is 265 Å². The van der Waals surface area contributed by atoms with Crippen LogP contribution >= 0.6 is 14.9 Å². The van der Waals surface area contributed by atoms with E-state index in [1.54, 1.807) is 91.0 Å². The maximum atomic E-state index is 15.3. The van der Waals surface area contributed by atoms with Gasteiger partial charge in [-0.15, -0.1) is 0 Å². The molecule has 1 saturated heterocycles. The second-order valence-electron chi connectivity index (χ2n) is 19.5. The molecule has 7 aromatic rings. The van der Waals surface area contributed by atoms with Crippen LogP contribution in [0.2, 0.25) is 0 Å². The van der Waals surface area contributed by atoms with Crippen LogP contribution in [0.15, 0.2) is 164 Å². The van der Waals surface area contributed by atoms with Gasteiger partial charge >= 0.3 is 19.5 Å². The smallest absolute Gasteiger partial charge is 0.323 e. The van der Waals surface area contributed by atoms with Gasteiger partial charge in [0.25, 0.3) is 5.91 Å². The van der Waals surface area contributed by atoms with E-state index in [1.165, 1.54) is 0 Å². The monoisotopic (exact) mass is 1110 g/mol. The molecule has 1 aliphatic rings. The SMILES string of the molecule is CCOC(=O)[C@H](C)NP(=O)(CCCNC(=O)c1cccc(CN2C(=O)N(Cc3ccc4[nH]nc(N)c4c3)[C@H](Cc3ccccc3)[C@H](O)[C@@H](O)[C@H]2Cc2ccccc2)c1)Oc1ccccc1.CP(=O)(CCCN)Oc1ccccc1. The Morgan fingerprint density at radius 3 is 1.80 bits per heavy atom. The molecule has 2 heterocycles. The number of H-pyrrole nitrogens is 1. The van der Waals surface area contributed by atoms with Crippen molar-refractivity contribution in [1.82, 2.24) is 30.4 Å². The summed E-state index contributed by atoms with van der Waals surface area (Å²) in [5, 5.41) is 37.9. The summed E-state index contributed by atoms with van der Waals surface area (Å²) in [6, 6.07) is 46.5. The number of aliphatic hydroxyl groups is 2. The number of nitrogen functional groups attached to an aromatic ring is 1. The van der Waals surface area contributed by atoms with Gasteiger partial charge in [-0.05, 0) is 117 Å². The third kappa shape index (κ3) is 17.1. The van der Waals surface area contributed by atoms with Gasteiger partial charge in [-0.3, -0.25) is 23.8 Å². The highest BCUT2D eigenvalue weighted by molar-refractivity contribution is 7.58. The minimum Gasteiger partial charge on any atom is -0.465 e. The van der Waals surface area contributed by atoms with Gasteiger partial charge in [0.05, 0.1) is 30.4 Å². The number of nitrogens with zero attached hydrogens (tertiary/aromatic N) is 3. The molecule has 9 N–H and O–H groups in total. The van der Waals surface area contributed by atoms with Crippen molar-refractivity contribution in [3.63, 3.8) is 0 Å². The lowest BCUT2D eigenvalue weighted by Gasteiger charge is -2.36. The van der Waals surface area contributed by atoms with E-state index < -0.39 is 63.1 Å². The number of nitrogens with one attached hydrogen (secondary N) is 3. The second-order valence-corrected chi connectivity index (χ2v) is 24.4. The lowest BCUT2D eigenvalue weighted by atomic mass is 9.91. The number of benzene rings is 6. The fraction of sp³-hybridized carbons (Fsp3) is 0.322. The Hall–Kier alpha value is -7.30. The van der Waals surface area contributed by atoms with Crippen molar-refractivity contribution >= 4 is 49.5 Å². The quantitative estimate of drug-likeness (QED) is 0.0169. The van der Waals surface area contributed by atoms with E-state index in [1.807, 2.05) is 103 Å². The predicted molar refractivity (Wildman–Crippen MR) is 308 cm³/mol. The molecular weight excluding hydrogens is 1040 g/mol. The van der Waals surface area contributed by atoms with Crippen molar-refractivity contribution in [2.75, 3.05) is 44.4 Å². The average Bonchev–Trinajstić information content (AvgIpc) is 3.82. The molecule has 1 aromatic heterocycles. The molecule has 0 aliphatic carbocycles. The Bertz CT molecular complexity index is 3160. The number of rotatable bonds is 24. The number of amides is 3. The van der Waals surface area contributed by atoms with Crippen molar-refractivity contribution in [3.05, 3.63) is 192 Å². The maximum absolute atomic E-state index is 15.3. The fourth-order valence-electron chi connectivity index (χ4n) is 9.32. The molecule has 7 atom stereocenters. The third-order valence-electron chi connectivity index (χ3n) is 13.3. The van der Waals surface area contributed by atoms with Gasteiger partial charge in [-0.25, -0.2) is 9.88 Å². The number of para-hydroxylation sites is 2. The molecule has 18 nitrogen and oxygen atoms in total. The largest absolute Gasteiger partial charge is 0.465 e. The lowest BCUT2D eigenvalue weighted by molar-refractivity contribution is -0.144. The zero-order valence-corrected chi connectivity index (χ0v) is 46.6. The Labute approximate surface area is 461 Å². The Morgan fingerprint density at radius 1 is 0.709 bits per heavy atom. The van der Waals surface area contributed by atoms with Crippen LogP contribution in [-0.4, -0.2) is 117 Å². The van der Waals surface area contributed by atoms with E-state index in [-0.39, 0.29) is 51.7 Å². The highest BCUT2D eigenvalue weighted by Crippen LogP contribution is 2.45. The van der Waals surface area contributed by atoms with Gasteiger partial charge in [0, 0.05) is 43.4 Å². The number of aromatic amines is 1. The molecular formula is C59H72N8O10P2. The van der Waals surface area contributed by atoms with Gasteiger partial charge in [-0.2, -0.15) is 5.10 Å². The van der Waals surface area contributed by atoms with Crippen LogP contribution in [0.4, 0.5) is 10.6 Å². The van der Waals surface area contributed by atoms with Crippen LogP contribution in [0.1, 0.15) is 59.3 Å². The number of nitrogens with two attached hydrogens (primary N) is 2. The van der Waals surface area contributed by atoms with Gasteiger partial charge in [-0.1, -0.05) is 115 Å². The molecule has 0 radical (unpaired) electrons. The van der Waals surface area contributed by atoms with E-state index in [2.05, 4.69) is 20.6 Å². The van der Waals surface area contributed by atoms with E-state index in [4.69, 9.17) is 25.3 Å². The molecule has 3 amide bonds. The molecule has 0 spiro atoms. The van der Waals surface area contributed by atoms with Crippen LogP contribution in [-0.2, 0) is 44.6 Å². The molecule has 418 valence electrons. The molecule has 1 fully saturated rings. The van der Waals surface area contributed by atoms with Crippen LogP contribution < -0.4 is 30.9 Å². The van der Waals surface area contributed by atoms with Crippen molar-refractivity contribution in [3.8, 4) is 11.5 Å². The summed E-state index contributed by atoms with van der Waals surface area (Å²) < 4.78 is 42.3. The number of hydrogen-bond acceptors (Lipinski definition) is 13. The Balaban J connectivity index is 0.000000562. The molecule has 79 heavy (non-hydrogen) atoms. The second kappa shape index (κ2) is 28.5. The van der Waals surface area contributed by atoms with Gasteiger partial charge in [0.2, 0.25) is 7.37 Å². The summed E-state index contributed by atoms with van der Waals surface area (Å²) >= 11 is 0. The van der Waals surface area contributed by atoms with Crippen molar-refractivity contribution in [2.24, 2.45) is 5.73 Å². The minimum atomic E-state index is -3.64. The molecule has 0 bridgehead atoms. The first-order valence-corrected chi connectivity index (χ1v) is 30.5. The fourth-order valence-corrected chi connectivity index (χ4v) is 12.7. The maximum Gasteiger partial charge on any atom is 0.323 e. The third-order valence-corrected chi connectivity index (χ3v) is 17.2. The van der Waals surface area contributed by atoms with Crippen LogP contribution in [0.3, 0.4) is 0 Å². The average molecular weight is 1120 g/mol. The predicted octanol–water partition coefficient (Wildman–Crippen LogP) is 8.78. The molecule has 20 heteroatoms. The molecule has 1 aliphatic heterocycles. The molecule has 0 saturated carbocycles. The van der Waals surface area contributed by atoms with Crippen LogP contribution in [0.25, 0.3) is 10.9 Å². The minimum absolute atomic E-state index is 0.00506. The van der Waals surface area contributed by atoms with Gasteiger partial charge < -0.3 is 50.6 Å². The highest BCUT2D eigenvalue weighted by atomic mass is 31.2. The van der Waals surface area contributed by atoms with E-state index in [0.717, 1.165) is 28.6 Å². The number of carbonyl (C=O) groups excluding carboxylic acids is 3. The standard InChI is InChI=1S/C49H56N7O8P.C10H16NO2P/c1-3-63-48(60)33(2)54-65(62,64-39-21-11-6-12-22-39)26-14-25-51-47(59)38-20-13-19-36(27-38)31-55-42(29-34-15-7-4-8-16-34)44(57)45(58)43(30-35-17-9-5-10-18-35)56(49(55)61)32-37-23-24-41-40(28-37)46(50)53-52-41;1-14(12,9-5-8-11)13-10-6-3-2-4-7-10/h4-13,15-24,27-28,33,42-45,57-58H,3,14,25-26,29-32H2,1-2H3,(H,51,59)(H,54,62)(H3,50,52,53);2-4,6-7H,5,8-9,11H2,1H3/t33-,42+,43+,44-,45-,65?;/m0./s1. The number of carbonyl (C=O) groups is 3. The summed E-state index contributed by atoms with van der Waals surface area (Å²) in [7, 11) is -6.15. The number of aromatic nitrogens is 2. The summed E-state index contributed by atoms with van der Waals surface area (Å²) in [5.41, 5.74) is 15.7. The first-order valence-electron chi connectivity index (χ1n) is 26.5. The molecule has 8 rings (SSSR count). The number of urea groups is 1. The summed E-state index contributed by atoms with van der Waals surface area (Å²) in [6.07, 6.45) is -0.634. The molecule has 6 aromatic carbocycles. The number of esters is 1. The summed E-state index contributed by atoms with van der Waals surface area (Å²) in [5.74, 6) is 0.399. The first-order chi connectivity index (χ1) is 38.0. The van der Waals surface area contributed by atoms with E-state index >= 15 is 4.79 Å². The zero-order valence-electron chi connectivity index (χ0n) is 44.8. The highest BCUT2D eigenvalue weighted by Gasteiger charge is 2.46. The number of hydrogen-bond donors (Lipinski definition) is 7. The number of ether oxygens (including phenoxy) is 1. The lowest BCUT2D eigenvalue weighted by Crippen LogP contribution is -2.50. The number of anilines is 1. The normalized spacial score (nSPS) is 18.2. The van der Waals surface area contributed by atoms with Gasteiger partial charge in [0.15, 0.2) is 5.82 Å². The van der Waals surface area contributed by atoms with Crippen LogP contribution in [0, 0.1) is 0 Å². The first kappa shape index (κ1) is 59.4. The Morgan fingerprint density at radius 2 is 1.24 bits per heavy atom.